The van der Waals surface area contributed by atoms with Crippen LogP contribution in [-0.2, 0) is 0 Å². The van der Waals surface area contributed by atoms with Gasteiger partial charge in [0.25, 0.3) is 0 Å². The van der Waals surface area contributed by atoms with Crippen molar-refractivity contribution >= 4 is 116 Å². The van der Waals surface area contributed by atoms with E-state index in [-0.39, 0.29) is 0 Å². The minimum absolute atomic E-state index is 1.09. The van der Waals surface area contributed by atoms with Crippen molar-refractivity contribution in [3.63, 3.8) is 0 Å². The molecule has 0 spiro atoms. The van der Waals surface area contributed by atoms with Gasteiger partial charge in [-0.1, -0.05) is 189 Å². The first kappa shape index (κ1) is 41.0. The highest BCUT2D eigenvalue weighted by Crippen LogP contribution is 2.50. The number of allylic oxidation sites excluding steroid dienone is 2. The smallest absolute Gasteiger partial charge is 0.0568 e. The molecule has 0 aliphatic heterocycles. The predicted octanol–water partition coefficient (Wildman–Crippen LogP) is 19.0. The maximum atomic E-state index is 3.90. The summed E-state index contributed by atoms with van der Waals surface area (Å²) in [5.74, 6) is 0. The Kier molecular flexibility index (Phi) is 9.88. The molecule has 13 aromatic rings. The molecule has 0 saturated carbocycles. The van der Waals surface area contributed by atoms with Crippen LogP contribution in [0.15, 0.2) is 255 Å². The second-order valence-electron chi connectivity index (χ2n) is 18.2. The second kappa shape index (κ2) is 16.9. The molecule has 13 rings (SSSR count). The largest absolute Gasteiger partial charge is 0.310 e. The van der Waals surface area contributed by atoms with E-state index in [2.05, 4.69) is 271 Å². The quantitative estimate of drug-likeness (QED) is 0.106. The molecular formula is C67H47N3. The third-order valence-electron chi connectivity index (χ3n) is 14.2. The number of nitrogens with zero attached hydrogens (tertiary/aromatic N) is 3. The highest BCUT2D eigenvalue weighted by atomic mass is 15.2. The van der Waals surface area contributed by atoms with Gasteiger partial charge in [-0.15, -0.1) is 0 Å². The molecule has 0 aliphatic rings. The van der Waals surface area contributed by atoms with Crippen molar-refractivity contribution in [2.24, 2.45) is 0 Å². The average Bonchev–Trinajstić information content (AvgIpc) is 3.76. The Hall–Kier alpha value is -9.18. The first-order chi connectivity index (χ1) is 34.6. The van der Waals surface area contributed by atoms with Crippen molar-refractivity contribution in [3.8, 4) is 5.69 Å². The lowest BCUT2D eigenvalue weighted by Crippen LogP contribution is -2.11. The van der Waals surface area contributed by atoms with Gasteiger partial charge in [0, 0.05) is 50.0 Å². The van der Waals surface area contributed by atoms with Gasteiger partial charge in [0.2, 0.25) is 0 Å². The van der Waals surface area contributed by atoms with Crippen LogP contribution in [0.1, 0.15) is 11.1 Å². The van der Waals surface area contributed by atoms with E-state index >= 15 is 0 Å². The molecule has 0 amide bonds. The van der Waals surface area contributed by atoms with E-state index in [9.17, 15) is 0 Å². The van der Waals surface area contributed by atoms with Crippen molar-refractivity contribution in [1.82, 2.24) is 4.57 Å². The number of hydrogen-bond donors (Lipinski definition) is 0. The zero-order valence-electron chi connectivity index (χ0n) is 38.8. The van der Waals surface area contributed by atoms with Gasteiger partial charge in [-0.05, 0) is 134 Å². The van der Waals surface area contributed by atoms with Crippen LogP contribution in [-0.4, -0.2) is 4.57 Å². The van der Waals surface area contributed by atoms with Crippen LogP contribution in [0.25, 0.3) is 87.4 Å². The summed E-state index contributed by atoms with van der Waals surface area (Å²) in [4.78, 5) is 4.89. The van der Waals surface area contributed by atoms with E-state index in [0.29, 0.717) is 0 Å². The van der Waals surface area contributed by atoms with Gasteiger partial charge in [0.05, 0.1) is 22.4 Å². The molecule has 0 aliphatic carbocycles. The van der Waals surface area contributed by atoms with Crippen molar-refractivity contribution in [2.75, 3.05) is 9.80 Å². The van der Waals surface area contributed by atoms with Crippen LogP contribution in [0.3, 0.4) is 0 Å². The van der Waals surface area contributed by atoms with Gasteiger partial charge in [-0.25, -0.2) is 0 Å². The summed E-state index contributed by atoms with van der Waals surface area (Å²) in [6.07, 6.45) is 5.97. The molecule has 70 heavy (non-hydrogen) atoms. The Morgan fingerprint density at radius 1 is 0.371 bits per heavy atom. The lowest BCUT2D eigenvalue weighted by atomic mass is 9.96. The number of para-hydroxylation sites is 3. The lowest BCUT2D eigenvalue weighted by Gasteiger charge is -2.28. The fourth-order valence-corrected chi connectivity index (χ4v) is 11.0. The van der Waals surface area contributed by atoms with Gasteiger partial charge in [-0.3, -0.25) is 0 Å². The third-order valence-corrected chi connectivity index (χ3v) is 14.2. The third kappa shape index (κ3) is 6.66. The Morgan fingerprint density at radius 2 is 0.814 bits per heavy atom. The SMILES string of the molecule is C=C/C=C\c1ccc2cc(N(c3ccccc3)c3cc4c(c5ccccc35)c3c5ccccc5c(N(c5ccccc5)c5ccc6c(ccc7ccccc76)c5)cc3n4-c3ccccc3)ccc2c1C. The number of rotatable bonds is 9. The number of aryl methyl sites for hydroxylation is 1. The summed E-state index contributed by atoms with van der Waals surface area (Å²) < 4.78 is 2.50. The Labute approximate surface area is 407 Å². The summed E-state index contributed by atoms with van der Waals surface area (Å²) in [5.41, 5.74) is 12.4. The highest BCUT2D eigenvalue weighted by molar-refractivity contribution is 6.32. The minimum Gasteiger partial charge on any atom is -0.310 e. The first-order valence-corrected chi connectivity index (χ1v) is 24.0. The van der Waals surface area contributed by atoms with Crippen LogP contribution in [0.5, 0.6) is 0 Å². The van der Waals surface area contributed by atoms with Gasteiger partial charge in [0.1, 0.15) is 0 Å². The van der Waals surface area contributed by atoms with Gasteiger partial charge < -0.3 is 14.4 Å². The Balaban J connectivity index is 1.12. The Bertz CT molecular complexity index is 4210. The molecule has 0 fully saturated rings. The van der Waals surface area contributed by atoms with Gasteiger partial charge >= 0.3 is 0 Å². The molecule has 3 nitrogen and oxygen atoms in total. The number of benzene rings is 12. The second-order valence-corrected chi connectivity index (χ2v) is 18.2. The Morgan fingerprint density at radius 3 is 1.39 bits per heavy atom. The standard InChI is InChI=1S/C67H47N3/c1-3-4-20-46-33-35-48-41-53(37-39-55(48)45(46)2)68(50-22-8-5-9-23-50)62-43-64-66(60-31-18-16-29-58(60)62)67-61-32-19-17-30-59(61)63(44-65(67)70(64)52-26-12-7-13-27-52)69(51-24-10-6-11-25-51)54-38-40-57-49(42-54)36-34-47-21-14-15-28-56(47)57/h3-44H,1H2,2H3/b20-4-. The van der Waals surface area contributed by atoms with Crippen molar-refractivity contribution in [3.05, 3.63) is 266 Å². The monoisotopic (exact) mass is 893 g/mol. The minimum atomic E-state index is 1.09. The van der Waals surface area contributed by atoms with E-state index in [1.165, 1.54) is 75.8 Å². The van der Waals surface area contributed by atoms with Crippen LogP contribution in [0.2, 0.25) is 0 Å². The normalized spacial score (nSPS) is 11.8. The molecule has 0 unspecified atom stereocenters. The highest BCUT2D eigenvalue weighted by Gasteiger charge is 2.26. The summed E-state index contributed by atoms with van der Waals surface area (Å²) in [5, 5.41) is 14.6. The zero-order chi connectivity index (χ0) is 46.7. The lowest BCUT2D eigenvalue weighted by molar-refractivity contribution is 1.18. The molecular weight excluding hydrogens is 847 g/mol. The first-order valence-electron chi connectivity index (χ1n) is 24.0. The van der Waals surface area contributed by atoms with Gasteiger partial charge in [0.15, 0.2) is 0 Å². The number of fused-ring (bicyclic) bond motifs is 11. The van der Waals surface area contributed by atoms with Gasteiger partial charge in [-0.2, -0.15) is 0 Å². The maximum Gasteiger partial charge on any atom is 0.0568 e. The zero-order valence-corrected chi connectivity index (χ0v) is 38.8. The fraction of sp³-hybridized carbons (Fsp3) is 0.0149. The molecule has 0 radical (unpaired) electrons. The van der Waals surface area contributed by atoms with E-state index in [0.717, 1.165) is 50.8 Å². The fourth-order valence-electron chi connectivity index (χ4n) is 11.0. The van der Waals surface area contributed by atoms with Crippen LogP contribution < -0.4 is 9.80 Å². The van der Waals surface area contributed by atoms with E-state index in [1.54, 1.807) is 0 Å². The van der Waals surface area contributed by atoms with E-state index in [1.807, 2.05) is 12.2 Å². The van der Waals surface area contributed by atoms with Crippen LogP contribution in [0.4, 0.5) is 34.1 Å². The average molecular weight is 894 g/mol. The van der Waals surface area contributed by atoms with E-state index in [4.69, 9.17) is 0 Å². The van der Waals surface area contributed by atoms with Crippen LogP contribution in [0, 0.1) is 6.92 Å². The van der Waals surface area contributed by atoms with Crippen molar-refractivity contribution in [2.45, 2.75) is 6.92 Å². The molecule has 0 atom stereocenters. The molecule has 3 heteroatoms. The molecule has 1 aromatic heterocycles. The molecule has 0 N–H and O–H groups in total. The maximum absolute atomic E-state index is 3.90. The molecule has 1 heterocycles. The summed E-state index contributed by atoms with van der Waals surface area (Å²) in [6, 6.07) is 86.9. The molecule has 12 aromatic carbocycles. The topological polar surface area (TPSA) is 11.4 Å². The van der Waals surface area contributed by atoms with Crippen molar-refractivity contribution in [1.29, 1.82) is 0 Å². The summed E-state index contributed by atoms with van der Waals surface area (Å²) >= 11 is 0. The summed E-state index contributed by atoms with van der Waals surface area (Å²) in [6.45, 7) is 6.11. The molecule has 0 bridgehead atoms. The number of anilines is 6. The predicted molar refractivity (Wildman–Crippen MR) is 302 cm³/mol. The number of aromatic nitrogens is 1. The molecule has 0 saturated heterocycles. The van der Waals surface area contributed by atoms with Crippen molar-refractivity contribution < 1.29 is 0 Å². The number of hydrogen-bond acceptors (Lipinski definition) is 2. The molecule has 330 valence electrons. The van der Waals surface area contributed by atoms with E-state index < -0.39 is 0 Å². The van der Waals surface area contributed by atoms with Crippen LogP contribution >= 0.6 is 0 Å². The summed E-state index contributed by atoms with van der Waals surface area (Å²) in [7, 11) is 0.